The van der Waals surface area contributed by atoms with Gasteiger partial charge in [-0.3, -0.25) is 19.3 Å². The van der Waals surface area contributed by atoms with Crippen LogP contribution >= 0.6 is 0 Å². The molecule has 4 rings (SSSR count). The predicted molar refractivity (Wildman–Crippen MR) is 108 cm³/mol. The molecule has 1 unspecified atom stereocenters. The van der Waals surface area contributed by atoms with E-state index in [4.69, 9.17) is 4.74 Å². The quantitative estimate of drug-likeness (QED) is 0.699. The van der Waals surface area contributed by atoms with Crippen molar-refractivity contribution in [2.45, 2.75) is 31.7 Å². The third kappa shape index (κ3) is 4.01. The molecule has 0 radical (unpaired) electrons. The van der Waals surface area contributed by atoms with Gasteiger partial charge < -0.3 is 10.1 Å². The molecular weight excluding hydrogens is 368 g/mol. The summed E-state index contributed by atoms with van der Waals surface area (Å²) in [6.07, 6.45) is 2.92. The first kappa shape index (κ1) is 19.2. The number of nitrogens with zero attached hydrogens (tertiary/aromatic N) is 1. The molecule has 0 spiro atoms. The molecule has 1 N–H and O–H groups in total. The molecule has 0 aromatic heterocycles. The van der Waals surface area contributed by atoms with Gasteiger partial charge in [0.1, 0.15) is 5.75 Å². The highest BCUT2D eigenvalue weighted by Gasteiger charge is 2.35. The van der Waals surface area contributed by atoms with E-state index >= 15 is 0 Å². The second-order valence-corrected chi connectivity index (χ2v) is 7.57. The summed E-state index contributed by atoms with van der Waals surface area (Å²) >= 11 is 0. The highest BCUT2D eigenvalue weighted by atomic mass is 16.5. The lowest BCUT2D eigenvalue weighted by molar-refractivity contribution is -0.122. The molecule has 1 saturated carbocycles. The van der Waals surface area contributed by atoms with Crippen LogP contribution in [-0.4, -0.2) is 36.3 Å². The lowest BCUT2D eigenvalue weighted by Crippen LogP contribution is -2.33. The van der Waals surface area contributed by atoms with Crippen molar-refractivity contribution in [2.75, 3.05) is 13.7 Å². The van der Waals surface area contributed by atoms with Gasteiger partial charge in [0.05, 0.1) is 24.3 Å². The number of imide groups is 1. The van der Waals surface area contributed by atoms with E-state index in [1.54, 1.807) is 31.4 Å². The summed E-state index contributed by atoms with van der Waals surface area (Å²) in [6, 6.07) is 14.6. The van der Waals surface area contributed by atoms with Crippen molar-refractivity contribution in [2.24, 2.45) is 5.92 Å². The molecule has 2 aliphatic rings. The zero-order valence-electron chi connectivity index (χ0n) is 16.4. The van der Waals surface area contributed by atoms with Crippen LogP contribution in [0.3, 0.4) is 0 Å². The summed E-state index contributed by atoms with van der Waals surface area (Å²) in [5, 5.41) is 3.13. The van der Waals surface area contributed by atoms with Crippen molar-refractivity contribution in [3.8, 4) is 5.75 Å². The van der Waals surface area contributed by atoms with Gasteiger partial charge in [-0.25, -0.2) is 0 Å². The van der Waals surface area contributed by atoms with Crippen molar-refractivity contribution in [3.63, 3.8) is 0 Å². The lowest BCUT2D eigenvalue weighted by atomic mass is 10.0. The van der Waals surface area contributed by atoms with E-state index in [-0.39, 0.29) is 36.7 Å². The summed E-state index contributed by atoms with van der Waals surface area (Å²) in [6.45, 7) is 0.246. The first-order chi connectivity index (χ1) is 14.1. The van der Waals surface area contributed by atoms with Crippen LogP contribution in [0, 0.1) is 5.92 Å². The van der Waals surface area contributed by atoms with Gasteiger partial charge in [-0.1, -0.05) is 24.3 Å². The maximum atomic E-state index is 12.5. The number of nitrogens with one attached hydrogen (secondary N) is 1. The Morgan fingerprint density at radius 2 is 1.69 bits per heavy atom. The average Bonchev–Trinajstić information content (AvgIpc) is 3.56. The first-order valence-corrected chi connectivity index (χ1v) is 9.97. The maximum Gasteiger partial charge on any atom is 0.261 e. The molecular formula is C23H24N2O4. The smallest absolute Gasteiger partial charge is 0.261 e. The second kappa shape index (κ2) is 8.07. The number of rotatable bonds is 8. The molecule has 1 heterocycles. The molecule has 2 aromatic rings. The second-order valence-electron chi connectivity index (χ2n) is 7.57. The van der Waals surface area contributed by atoms with E-state index in [1.807, 2.05) is 24.3 Å². The number of amides is 3. The number of methoxy groups -OCH3 is 1. The zero-order chi connectivity index (χ0) is 20.4. The average molecular weight is 392 g/mol. The monoisotopic (exact) mass is 392 g/mol. The van der Waals surface area contributed by atoms with Crippen LogP contribution in [-0.2, 0) is 4.79 Å². The van der Waals surface area contributed by atoms with Crippen LogP contribution in [0.4, 0.5) is 0 Å². The van der Waals surface area contributed by atoms with E-state index < -0.39 is 0 Å². The minimum Gasteiger partial charge on any atom is -0.497 e. The molecule has 6 heteroatoms. The fraction of sp³-hybridized carbons (Fsp3) is 0.348. The van der Waals surface area contributed by atoms with Crippen LogP contribution in [0.5, 0.6) is 5.75 Å². The lowest BCUT2D eigenvalue weighted by Gasteiger charge is -2.20. The topological polar surface area (TPSA) is 75.7 Å². The molecule has 29 heavy (non-hydrogen) atoms. The normalized spacial score (nSPS) is 16.5. The van der Waals surface area contributed by atoms with Crippen LogP contribution in [0.25, 0.3) is 0 Å². The molecule has 1 atom stereocenters. The molecule has 0 bridgehead atoms. The molecule has 6 nitrogen and oxygen atoms in total. The van der Waals surface area contributed by atoms with E-state index in [0.717, 1.165) is 24.2 Å². The Hall–Kier alpha value is -3.15. The molecule has 2 aromatic carbocycles. The van der Waals surface area contributed by atoms with Gasteiger partial charge in [-0.05, 0) is 55.0 Å². The molecule has 3 amide bonds. The highest BCUT2D eigenvalue weighted by molar-refractivity contribution is 6.21. The Bertz CT molecular complexity index is 899. The van der Waals surface area contributed by atoms with Gasteiger partial charge in [-0.15, -0.1) is 0 Å². The maximum absolute atomic E-state index is 12.5. The fourth-order valence-electron chi connectivity index (χ4n) is 3.80. The Balaban J connectivity index is 1.31. The summed E-state index contributed by atoms with van der Waals surface area (Å²) in [5.74, 6) is 0.633. The number of carbonyl (C=O) groups excluding carboxylic acids is 3. The predicted octanol–water partition coefficient (Wildman–Crippen LogP) is 3.34. The van der Waals surface area contributed by atoms with Gasteiger partial charge in [0.15, 0.2) is 0 Å². The van der Waals surface area contributed by atoms with E-state index in [0.29, 0.717) is 23.5 Å². The number of benzene rings is 2. The molecule has 1 fully saturated rings. The van der Waals surface area contributed by atoms with Crippen LogP contribution < -0.4 is 10.1 Å². The number of carbonyl (C=O) groups is 3. The van der Waals surface area contributed by atoms with Crippen molar-refractivity contribution < 1.29 is 19.1 Å². The van der Waals surface area contributed by atoms with Gasteiger partial charge in [0.2, 0.25) is 5.91 Å². The number of fused-ring (bicyclic) bond motifs is 1. The van der Waals surface area contributed by atoms with E-state index in [2.05, 4.69) is 5.32 Å². The third-order valence-electron chi connectivity index (χ3n) is 5.55. The molecule has 1 aliphatic carbocycles. The van der Waals surface area contributed by atoms with Crippen LogP contribution in [0.1, 0.15) is 58.0 Å². The SMILES string of the molecule is COc1ccc(C(NC(=O)CCCN2C(=O)c3ccccc3C2=O)C2CC2)cc1. The van der Waals surface area contributed by atoms with Gasteiger partial charge in [0.25, 0.3) is 11.8 Å². The summed E-state index contributed by atoms with van der Waals surface area (Å²) in [4.78, 5) is 38.5. The molecule has 1 aliphatic heterocycles. The summed E-state index contributed by atoms with van der Waals surface area (Å²) in [7, 11) is 1.63. The number of hydrogen-bond acceptors (Lipinski definition) is 4. The summed E-state index contributed by atoms with van der Waals surface area (Å²) < 4.78 is 5.20. The van der Waals surface area contributed by atoms with Gasteiger partial charge >= 0.3 is 0 Å². The Kier molecular flexibility index (Phi) is 5.34. The number of hydrogen-bond donors (Lipinski definition) is 1. The molecule has 150 valence electrons. The van der Waals surface area contributed by atoms with Crippen molar-refractivity contribution >= 4 is 17.7 Å². The van der Waals surface area contributed by atoms with Crippen LogP contribution in [0.2, 0.25) is 0 Å². The minimum absolute atomic E-state index is 0.00675. The van der Waals surface area contributed by atoms with E-state index in [9.17, 15) is 14.4 Å². The Morgan fingerprint density at radius 1 is 1.07 bits per heavy atom. The van der Waals surface area contributed by atoms with Crippen LogP contribution in [0.15, 0.2) is 48.5 Å². The Labute approximate surface area is 169 Å². The van der Waals surface area contributed by atoms with Crippen molar-refractivity contribution in [3.05, 3.63) is 65.2 Å². The van der Waals surface area contributed by atoms with Crippen molar-refractivity contribution in [1.82, 2.24) is 10.2 Å². The van der Waals surface area contributed by atoms with Crippen molar-refractivity contribution in [1.29, 1.82) is 0 Å². The highest BCUT2D eigenvalue weighted by Crippen LogP contribution is 2.41. The number of ether oxygens (including phenoxy) is 1. The van der Waals surface area contributed by atoms with Gasteiger partial charge in [0, 0.05) is 13.0 Å². The summed E-state index contributed by atoms with van der Waals surface area (Å²) in [5.41, 5.74) is 1.95. The standard InChI is InChI=1S/C23H24N2O4/c1-29-17-12-10-16(11-13-17)21(15-8-9-15)24-20(26)7-4-14-25-22(27)18-5-2-3-6-19(18)23(25)28/h2-3,5-6,10-13,15,21H,4,7-9,14H2,1H3,(H,24,26). The molecule has 0 saturated heterocycles. The Morgan fingerprint density at radius 3 is 2.24 bits per heavy atom. The van der Waals surface area contributed by atoms with Gasteiger partial charge in [-0.2, -0.15) is 0 Å². The minimum atomic E-state index is -0.278. The third-order valence-corrected chi connectivity index (χ3v) is 5.55. The largest absolute Gasteiger partial charge is 0.497 e. The van der Waals surface area contributed by atoms with E-state index in [1.165, 1.54) is 4.90 Å². The fourth-order valence-corrected chi connectivity index (χ4v) is 3.80. The first-order valence-electron chi connectivity index (χ1n) is 9.97. The zero-order valence-corrected chi connectivity index (χ0v) is 16.4.